The van der Waals surface area contributed by atoms with Crippen LogP contribution in [0, 0.1) is 11.8 Å². The van der Waals surface area contributed by atoms with Crippen molar-refractivity contribution < 1.29 is 4.79 Å². The van der Waals surface area contributed by atoms with E-state index in [-0.39, 0.29) is 0 Å². The minimum atomic E-state index is 0.415. The molecule has 2 unspecified atom stereocenters. The molecule has 0 N–H and O–H groups in total. The molecule has 13 heavy (non-hydrogen) atoms. The van der Waals surface area contributed by atoms with Gasteiger partial charge in [-0.1, -0.05) is 33.1 Å². The maximum absolute atomic E-state index is 11.8. The fourth-order valence-corrected chi connectivity index (χ4v) is 2.55. The molecule has 0 bridgehead atoms. The highest BCUT2D eigenvalue weighted by Crippen LogP contribution is 2.33. The van der Waals surface area contributed by atoms with E-state index in [0.717, 1.165) is 19.3 Å². The number of carbonyl (C=O) groups excluding carboxylic acids is 1. The van der Waals surface area contributed by atoms with E-state index < -0.39 is 0 Å². The molecule has 0 aromatic carbocycles. The normalized spacial score (nSPS) is 28.8. The molecule has 1 heteroatoms. The first-order valence-electron chi connectivity index (χ1n) is 5.82. The van der Waals surface area contributed by atoms with Gasteiger partial charge in [0.25, 0.3) is 0 Å². The van der Waals surface area contributed by atoms with E-state index in [1.54, 1.807) is 0 Å². The molecular weight excluding hydrogens is 160 g/mol. The summed E-state index contributed by atoms with van der Waals surface area (Å²) in [7, 11) is 0. The van der Waals surface area contributed by atoms with E-state index >= 15 is 0 Å². The molecule has 1 fully saturated rings. The van der Waals surface area contributed by atoms with Crippen molar-refractivity contribution in [2.24, 2.45) is 11.8 Å². The summed E-state index contributed by atoms with van der Waals surface area (Å²) in [4.78, 5) is 11.8. The van der Waals surface area contributed by atoms with Crippen molar-refractivity contribution in [3.8, 4) is 0 Å². The Bertz CT molecular complexity index is 163. The first-order valence-corrected chi connectivity index (χ1v) is 5.82. The fourth-order valence-electron chi connectivity index (χ4n) is 2.55. The van der Waals surface area contributed by atoms with Crippen LogP contribution in [0.25, 0.3) is 0 Å². The van der Waals surface area contributed by atoms with Crippen LogP contribution in [0.1, 0.15) is 58.8 Å². The maximum atomic E-state index is 11.8. The average molecular weight is 182 g/mol. The third-order valence-electron chi connectivity index (χ3n) is 3.34. The van der Waals surface area contributed by atoms with E-state index in [9.17, 15) is 4.79 Å². The van der Waals surface area contributed by atoms with Crippen molar-refractivity contribution in [3.05, 3.63) is 0 Å². The van der Waals surface area contributed by atoms with Crippen LogP contribution in [-0.4, -0.2) is 5.78 Å². The topological polar surface area (TPSA) is 17.1 Å². The second-order valence-corrected chi connectivity index (χ2v) is 4.28. The smallest absolute Gasteiger partial charge is 0.136 e. The molecule has 1 aliphatic rings. The van der Waals surface area contributed by atoms with E-state index in [1.165, 1.54) is 25.7 Å². The van der Waals surface area contributed by atoms with Gasteiger partial charge in [0.1, 0.15) is 5.78 Å². The van der Waals surface area contributed by atoms with Crippen molar-refractivity contribution in [2.45, 2.75) is 58.8 Å². The predicted octanol–water partition coefficient (Wildman–Crippen LogP) is 3.57. The Morgan fingerprint density at radius 1 is 1.23 bits per heavy atom. The highest BCUT2D eigenvalue weighted by atomic mass is 16.1. The maximum Gasteiger partial charge on any atom is 0.136 e. The lowest BCUT2D eigenvalue weighted by Crippen LogP contribution is -2.26. The fraction of sp³-hybridized carbons (Fsp3) is 0.917. The summed E-state index contributed by atoms with van der Waals surface area (Å²) in [6, 6.07) is 0. The van der Waals surface area contributed by atoms with Crippen molar-refractivity contribution in [2.75, 3.05) is 0 Å². The van der Waals surface area contributed by atoms with E-state index in [1.807, 2.05) is 0 Å². The van der Waals surface area contributed by atoms with Crippen LogP contribution in [0.4, 0.5) is 0 Å². The van der Waals surface area contributed by atoms with Gasteiger partial charge in [0.15, 0.2) is 0 Å². The summed E-state index contributed by atoms with van der Waals surface area (Å²) >= 11 is 0. The Balaban J connectivity index is 2.48. The lowest BCUT2D eigenvalue weighted by molar-refractivity contribution is -0.125. The van der Waals surface area contributed by atoms with Gasteiger partial charge in [0.2, 0.25) is 0 Å². The Hall–Kier alpha value is -0.330. The quantitative estimate of drug-likeness (QED) is 0.649. The summed E-state index contributed by atoms with van der Waals surface area (Å²) in [6.07, 6.45) is 8.09. The lowest BCUT2D eigenvalue weighted by Gasteiger charge is -2.29. The second-order valence-electron chi connectivity index (χ2n) is 4.28. The SMILES string of the molecule is CCCC(=O)C1CCCCC1CC. The van der Waals surface area contributed by atoms with Gasteiger partial charge < -0.3 is 0 Å². The Morgan fingerprint density at radius 2 is 1.92 bits per heavy atom. The molecule has 0 radical (unpaired) electrons. The Labute approximate surface area is 81.9 Å². The van der Waals surface area contributed by atoms with E-state index in [2.05, 4.69) is 13.8 Å². The molecule has 0 aromatic heterocycles. The monoisotopic (exact) mass is 182 g/mol. The molecule has 2 atom stereocenters. The van der Waals surface area contributed by atoms with Crippen LogP contribution >= 0.6 is 0 Å². The molecule has 1 saturated carbocycles. The van der Waals surface area contributed by atoms with Gasteiger partial charge in [-0.2, -0.15) is 0 Å². The number of hydrogen-bond acceptors (Lipinski definition) is 1. The second kappa shape index (κ2) is 5.41. The molecular formula is C12H22O. The third-order valence-corrected chi connectivity index (χ3v) is 3.34. The van der Waals surface area contributed by atoms with Crippen molar-refractivity contribution in [3.63, 3.8) is 0 Å². The van der Waals surface area contributed by atoms with Crippen LogP contribution in [-0.2, 0) is 4.79 Å². The highest BCUT2D eigenvalue weighted by Gasteiger charge is 2.28. The van der Waals surface area contributed by atoms with Crippen LogP contribution in [0.3, 0.4) is 0 Å². The zero-order valence-electron chi connectivity index (χ0n) is 9.01. The summed E-state index contributed by atoms with van der Waals surface area (Å²) in [5.74, 6) is 1.65. The van der Waals surface area contributed by atoms with Crippen molar-refractivity contribution in [1.82, 2.24) is 0 Å². The standard InChI is InChI=1S/C12H22O/c1-3-7-12(13)11-9-6-5-8-10(11)4-2/h10-11H,3-9H2,1-2H3. The molecule has 0 amide bonds. The molecule has 0 spiro atoms. The first-order chi connectivity index (χ1) is 6.29. The number of ketones is 1. The zero-order valence-corrected chi connectivity index (χ0v) is 9.01. The molecule has 0 heterocycles. The predicted molar refractivity (Wildman–Crippen MR) is 55.7 cm³/mol. The molecule has 1 aliphatic carbocycles. The largest absolute Gasteiger partial charge is 0.299 e. The molecule has 1 nitrogen and oxygen atoms in total. The lowest BCUT2D eigenvalue weighted by atomic mass is 9.75. The minimum absolute atomic E-state index is 0.415. The summed E-state index contributed by atoms with van der Waals surface area (Å²) in [5, 5.41) is 0. The molecule has 0 aromatic rings. The van der Waals surface area contributed by atoms with Crippen LogP contribution in [0.15, 0.2) is 0 Å². The number of hydrogen-bond donors (Lipinski definition) is 0. The van der Waals surface area contributed by atoms with Crippen LogP contribution in [0.5, 0.6) is 0 Å². The first kappa shape index (κ1) is 10.7. The number of carbonyl (C=O) groups is 1. The number of rotatable bonds is 4. The minimum Gasteiger partial charge on any atom is -0.299 e. The molecule has 0 aliphatic heterocycles. The van der Waals surface area contributed by atoms with Gasteiger partial charge >= 0.3 is 0 Å². The molecule has 76 valence electrons. The van der Waals surface area contributed by atoms with Gasteiger partial charge in [-0.05, 0) is 25.2 Å². The van der Waals surface area contributed by atoms with Gasteiger partial charge in [0, 0.05) is 12.3 Å². The van der Waals surface area contributed by atoms with Gasteiger partial charge in [-0.15, -0.1) is 0 Å². The van der Waals surface area contributed by atoms with Crippen molar-refractivity contribution >= 4 is 5.78 Å². The van der Waals surface area contributed by atoms with Crippen LogP contribution in [0.2, 0.25) is 0 Å². The Kier molecular flexibility index (Phi) is 4.47. The highest BCUT2D eigenvalue weighted by molar-refractivity contribution is 5.81. The third kappa shape index (κ3) is 2.82. The van der Waals surface area contributed by atoms with Gasteiger partial charge in [-0.25, -0.2) is 0 Å². The van der Waals surface area contributed by atoms with E-state index in [4.69, 9.17) is 0 Å². The van der Waals surface area contributed by atoms with Crippen LogP contribution < -0.4 is 0 Å². The zero-order chi connectivity index (χ0) is 9.68. The Morgan fingerprint density at radius 3 is 2.54 bits per heavy atom. The summed E-state index contributed by atoms with van der Waals surface area (Å²) < 4.78 is 0. The summed E-state index contributed by atoms with van der Waals surface area (Å²) in [6.45, 7) is 4.32. The van der Waals surface area contributed by atoms with Gasteiger partial charge in [-0.3, -0.25) is 4.79 Å². The number of Topliss-reactive ketones (excluding diaryl/α,β-unsaturated/α-hetero) is 1. The molecule has 0 saturated heterocycles. The summed E-state index contributed by atoms with van der Waals surface area (Å²) in [5.41, 5.74) is 0. The van der Waals surface area contributed by atoms with Gasteiger partial charge in [0.05, 0.1) is 0 Å². The van der Waals surface area contributed by atoms with E-state index in [0.29, 0.717) is 17.6 Å². The average Bonchev–Trinajstić information content (AvgIpc) is 2.18. The molecule has 1 rings (SSSR count). The van der Waals surface area contributed by atoms with Crippen molar-refractivity contribution in [1.29, 1.82) is 0 Å².